The molecule has 0 fully saturated rings. The van der Waals surface area contributed by atoms with Gasteiger partial charge in [-0.3, -0.25) is 0 Å². The maximum Gasteiger partial charge on any atom is 0.173 e. The summed E-state index contributed by atoms with van der Waals surface area (Å²) in [6, 6.07) is 6.25. The van der Waals surface area contributed by atoms with E-state index in [0.717, 1.165) is 12.2 Å². The fraction of sp³-hybridized carbons (Fsp3) is 0.462. The molecule has 2 N–H and O–H groups in total. The van der Waals surface area contributed by atoms with Crippen LogP contribution in [-0.2, 0) is 0 Å². The Kier molecular flexibility index (Phi) is 5.38. The van der Waals surface area contributed by atoms with Crippen LogP contribution >= 0.6 is 12.2 Å². The number of anilines is 1. The summed E-state index contributed by atoms with van der Waals surface area (Å²) in [6.45, 7) is 7.61. The van der Waals surface area contributed by atoms with E-state index in [9.17, 15) is 0 Å². The summed E-state index contributed by atoms with van der Waals surface area (Å²) < 4.78 is 0. The summed E-state index contributed by atoms with van der Waals surface area (Å²) in [5.41, 5.74) is 3.42. The lowest BCUT2D eigenvalue weighted by Crippen LogP contribution is -2.36. The second-order valence-electron chi connectivity index (χ2n) is 4.11. The van der Waals surface area contributed by atoms with Gasteiger partial charge in [0.15, 0.2) is 5.11 Å². The predicted octanol–water partition coefficient (Wildman–Crippen LogP) is 2.31. The predicted molar refractivity (Wildman–Crippen MR) is 76.5 cm³/mol. The minimum atomic E-state index is 0.114. The number of thiocarbonyl (C=S) groups is 1. The number of rotatable bonds is 4. The second-order valence-corrected chi connectivity index (χ2v) is 4.50. The Balaban J connectivity index is 2.72. The van der Waals surface area contributed by atoms with E-state index >= 15 is 0 Å². The largest absolute Gasteiger partial charge is 0.395 e. The third kappa shape index (κ3) is 4.32. The monoisotopic (exact) mass is 252 g/mol. The van der Waals surface area contributed by atoms with Gasteiger partial charge in [-0.05, 0) is 56.2 Å². The van der Waals surface area contributed by atoms with Crippen LogP contribution in [0.1, 0.15) is 18.1 Å². The molecule has 0 bridgehead atoms. The van der Waals surface area contributed by atoms with Crippen LogP contribution < -0.4 is 5.32 Å². The number of nitrogens with zero attached hydrogens (tertiary/aromatic N) is 1. The highest BCUT2D eigenvalue weighted by atomic mass is 32.1. The first-order valence-electron chi connectivity index (χ1n) is 5.82. The van der Waals surface area contributed by atoms with E-state index in [2.05, 4.69) is 37.4 Å². The van der Waals surface area contributed by atoms with E-state index in [-0.39, 0.29) is 6.61 Å². The topological polar surface area (TPSA) is 35.5 Å². The van der Waals surface area contributed by atoms with Crippen molar-refractivity contribution in [1.82, 2.24) is 4.90 Å². The molecule has 17 heavy (non-hydrogen) atoms. The van der Waals surface area contributed by atoms with Gasteiger partial charge in [0, 0.05) is 18.8 Å². The van der Waals surface area contributed by atoms with Crippen molar-refractivity contribution in [3.8, 4) is 0 Å². The zero-order chi connectivity index (χ0) is 12.8. The molecule has 0 saturated carbocycles. The van der Waals surface area contributed by atoms with E-state index in [1.807, 2.05) is 11.8 Å². The molecule has 0 aliphatic carbocycles. The fourth-order valence-electron chi connectivity index (χ4n) is 1.77. The van der Waals surface area contributed by atoms with E-state index in [0.29, 0.717) is 11.7 Å². The van der Waals surface area contributed by atoms with Crippen LogP contribution in [0.3, 0.4) is 0 Å². The number of aliphatic hydroxyl groups is 1. The number of likely N-dealkylation sites (N-methyl/N-ethyl adjacent to an activating group) is 1. The van der Waals surface area contributed by atoms with Crippen LogP contribution in [0.15, 0.2) is 18.2 Å². The normalized spacial score (nSPS) is 10.1. The van der Waals surface area contributed by atoms with Gasteiger partial charge in [-0.2, -0.15) is 0 Å². The second kappa shape index (κ2) is 6.57. The third-order valence-corrected chi connectivity index (χ3v) is 2.87. The van der Waals surface area contributed by atoms with Gasteiger partial charge in [-0.1, -0.05) is 6.07 Å². The molecule has 0 spiro atoms. The van der Waals surface area contributed by atoms with Crippen molar-refractivity contribution >= 4 is 23.0 Å². The van der Waals surface area contributed by atoms with Crippen molar-refractivity contribution in [2.75, 3.05) is 25.0 Å². The third-order valence-electron chi connectivity index (χ3n) is 2.51. The maximum absolute atomic E-state index is 8.94. The van der Waals surface area contributed by atoms with Gasteiger partial charge in [0.05, 0.1) is 6.61 Å². The Hall–Kier alpha value is -1.13. The molecule has 3 nitrogen and oxygen atoms in total. The van der Waals surface area contributed by atoms with Crippen molar-refractivity contribution in [3.05, 3.63) is 29.3 Å². The molecule has 94 valence electrons. The Morgan fingerprint density at radius 2 is 1.88 bits per heavy atom. The molecule has 0 aliphatic rings. The van der Waals surface area contributed by atoms with Crippen molar-refractivity contribution in [2.45, 2.75) is 20.8 Å². The highest BCUT2D eigenvalue weighted by Gasteiger charge is 2.07. The van der Waals surface area contributed by atoms with Crippen LogP contribution in [0, 0.1) is 13.8 Å². The standard InChI is InChI=1S/C13H20N2OS/c1-4-15(5-6-16)13(17)14-12-8-10(2)7-11(3)9-12/h7-9,16H,4-6H2,1-3H3,(H,14,17). The summed E-state index contributed by atoms with van der Waals surface area (Å²) in [5, 5.41) is 12.8. The average molecular weight is 252 g/mol. The molecule has 4 heteroatoms. The van der Waals surface area contributed by atoms with Crippen LogP contribution in [0.5, 0.6) is 0 Å². The van der Waals surface area contributed by atoms with E-state index in [4.69, 9.17) is 17.3 Å². The molecular formula is C13H20N2OS. The van der Waals surface area contributed by atoms with Gasteiger partial charge >= 0.3 is 0 Å². The Morgan fingerprint density at radius 3 is 2.35 bits per heavy atom. The maximum atomic E-state index is 8.94. The van der Waals surface area contributed by atoms with Crippen molar-refractivity contribution < 1.29 is 5.11 Å². The average Bonchev–Trinajstić information content (AvgIpc) is 2.24. The molecular weight excluding hydrogens is 232 g/mol. The molecule has 0 heterocycles. The number of aryl methyl sites for hydroxylation is 2. The molecule has 1 aromatic carbocycles. The molecule has 0 radical (unpaired) electrons. The van der Waals surface area contributed by atoms with Crippen LogP contribution in [0.4, 0.5) is 5.69 Å². The first-order chi connectivity index (χ1) is 8.06. The number of benzene rings is 1. The van der Waals surface area contributed by atoms with Crippen LogP contribution in [-0.4, -0.2) is 34.8 Å². The minimum Gasteiger partial charge on any atom is -0.395 e. The number of nitrogens with one attached hydrogen (secondary N) is 1. The number of hydrogen-bond donors (Lipinski definition) is 2. The Bertz CT molecular complexity index is 373. The highest BCUT2D eigenvalue weighted by molar-refractivity contribution is 7.80. The van der Waals surface area contributed by atoms with Crippen molar-refractivity contribution in [2.24, 2.45) is 0 Å². The quantitative estimate of drug-likeness (QED) is 0.806. The summed E-state index contributed by atoms with van der Waals surface area (Å²) in [4.78, 5) is 1.94. The van der Waals surface area contributed by atoms with Crippen LogP contribution in [0.2, 0.25) is 0 Å². The van der Waals surface area contributed by atoms with Crippen molar-refractivity contribution in [1.29, 1.82) is 0 Å². The summed E-state index contributed by atoms with van der Waals surface area (Å²) in [5.74, 6) is 0. The lowest BCUT2D eigenvalue weighted by atomic mass is 10.1. The van der Waals surface area contributed by atoms with Gasteiger partial charge in [0.1, 0.15) is 0 Å². The Labute approximate surface area is 108 Å². The van der Waals surface area contributed by atoms with Gasteiger partial charge in [0.25, 0.3) is 0 Å². The van der Waals surface area contributed by atoms with Gasteiger partial charge in [-0.15, -0.1) is 0 Å². The highest BCUT2D eigenvalue weighted by Crippen LogP contribution is 2.14. The molecule has 0 aromatic heterocycles. The molecule has 0 atom stereocenters. The van der Waals surface area contributed by atoms with Crippen molar-refractivity contribution in [3.63, 3.8) is 0 Å². The lowest BCUT2D eigenvalue weighted by Gasteiger charge is -2.23. The SMILES string of the molecule is CCN(CCO)C(=S)Nc1cc(C)cc(C)c1. The van der Waals surface area contributed by atoms with E-state index < -0.39 is 0 Å². The number of hydrogen-bond acceptors (Lipinski definition) is 2. The zero-order valence-electron chi connectivity index (χ0n) is 10.7. The molecule has 0 aliphatic heterocycles. The van der Waals surface area contributed by atoms with Gasteiger partial charge in [0.2, 0.25) is 0 Å². The van der Waals surface area contributed by atoms with Gasteiger partial charge < -0.3 is 15.3 Å². The first kappa shape index (κ1) is 13.9. The molecule has 0 unspecified atom stereocenters. The molecule has 1 rings (SSSR count). The lowest BCUT2D eigenvalue weighted by molar-refractivity contribution is 0.254. The smallest absolute Gasteiger partial charge is 0.173 e. The Morgan fingerprint density at radius 1 is 1.29 bits per heavy atom. The summed E-state index contributed by atoms with van der Waals surface area (Å²) >= 11 is 5.31. The van der Waals surface area contributed by atoms with Gasteiger partial charge in [-0.25, -0.2) is 0 Å². The number of aliphatic hydroxyl groups excluding tert-OH is 1. The minimum absolute atomic E-state index is 0.114. The summed E-state index contributed by atoms with van der Waals surface area (Å²) in [7, 11) is 0. The first-order valence-corrected chi connectivity index (χ1v) is 6.22. The van der Waals surface area contributed by atoms with Crippen LogP contribution in [0.25, 0.3) is 0 Å². The zero-order valence-corrected chi connectivity index (χ0v) is 11.5. The van der Waals surface area contributed by atoms with E-state index in [1.54, 1.807) is 0 Å². The molecule has 0 saturated heterocycles. The van der Waals surface area contributed by atoms with E-state index in [1.165, 1.54) is 11.1 Å². The molecule has 0 amide bonds. The fourth-order valence-corrected chi connectivity index (χ4v) is 2.11. The summed E-state index contributed by atoms with van der Waals surface area (Å²) in [6.07, 6.45) is 0. The molecule has 1 aromatic rings.